The average Bonchev–Trinajstić information content (AvgIpc) is 3.14. The highest BCUT2D eigenvalue weighted by atomic mass is 16.5. The van der Waals surface area contributed by atoms with E-state index in [0.29, 0.717) is 19.6 Å². The van der Waals surface area contributed by atoms with Gasteiger partial charge in [0.25, 0.3) is 0 Å². The maximum Gasteiger partial charge on any atom is 0.328 e. The number of likely N-dealkylation sites (tertiary alicyclic amines) is 1. The molecule has 0 spiro atoms. The molecule has 4 nitrogen and oxygen atoms in total. The fraction of sp³-hybridized carbons (Fsp3) is 0.667. The van der Waals surface area contributed by atoms with Crippen LogP contribution < -0.4 is 0 Å². The van der Waals surface area contributed by atoms with Crippen LogP contribution in [-0.4, -0.2) is 36.0 Å². The number of carbonyl (C=O) groups is 2. The fourth-order valence-corrected chi connectivity index (χ4v) is 4.60. The SMILES string of the molecule is CCCCOC(=O)C1CCCCN1C(=O)CCCCC1Cc2ccccc2C1. The summed E-state index contributed by atoms with van der Waals surface area (Å²) in [6.45, 7) is 3.25. The summed E-state index contributed by atoms with van der Waals surface area (Å²) in [5.74, 6) is 0.654. The first-order valence-corrected chi connectivity index (χ1v) is 11.2. The molecule has 1 aromatic carbocycles. The van der Waals surface area contributed by atoms with Crippen LogP contribution in [0, 0.1) is 5.92 Å². The number of fused-ring (bicyclic) bond motifs is 1. The van der Waals surface area contributed by atoms with Gasteiger partial charge in [-0.2, -0.15) is 0 Å². The molecule has 1 heterocycles. The minimum atomic E-state index is -0.359. The third-order valence-corrected chi connectivity index (χ3v) is 6.23. The van der Waals surface area contributed by atoms with Gasteiger partial charge >= 0.3 is 5.97 Å². The lowest BCUT2D eigenvalue weighted by atomic mass is 9.97. The molecule has 1 aromatic rings. The first kappa shape index (κ1) is 20.9. The molecule has 1 aliphatic heterocycles. The van der Waals surface area contributed by atoms with Crippen LogP contribution in [-0.2, 0) is 27.2 Å². The zero-order chi connectivity index (χ0) is 19.8. The van der Waals surface area contributed by atoms with Gasteiger partial charge in [0.2, 0.25) is 5.91 Å². The van der Waals surface area contributed by atoms with Crippen LogP contribution in [0.1, 0.15) is 75.8 Å². The number of esters is 1. The Labute approximate surface area is 169 Å². The molecule has 1 atom stereocenters. The van der Waals surface area contributed by atoms with Crippen LogP contribution >= 0.6 is 0 Å². The standard InChI is InChI=1S/C24H35NO3/c1-2-3-16-28-24(27)22-13-8-9-15-25(22)23(26)14-7-4-10-19-17-20-11-5-6-12-21(20)18-19/h5-6,11-12,19,22H,2-4,7-10,13-18H2,1H3. The summed E-state index contributed by atoms with van der Waals surface area (Å²) >= 11 is 0. The second-order valence-electron chi connectivity index (χ2n) is 8.41. The molecule has 1 unspecified atom stereocenters. The van der Waals surface area contributed by atoms with Crippen molar-refractivity contribution in [3.8, 4) is 0 Å². The zero-order valence-electron chi connectivity index (χ0n) is 17.3. The summed E-state index contributed by atoms with van der Waals surface area (Å²) in [6, 6.07) is 8.39. The Morgan fingerprint density at radius 2 is 1.82 bits per heavy atom. The highest BCUT2D eigenvalue weighted by Crippen LogP contribution is 2.30. The van der Waals surface area contributed by atoms with E-state index in [1.54, 1.807) is 4.90 Å². The lowest BCUT2D eigenvalue weighted by Gasteiger charge is -2.34. The third kappa shape index (κ3) is 5.59. The molecule has 0 saturated carbocycles. The molecule has 3 rings (SSSR count). The normalized spacial score (nSPS) is 19.5. The van der Waals surface area contributed by atoms with Gasteiger partial charge in [-0.15, -0.1) is 0 Å². The lowest BCUT2D eigenvalue weighted by molar-refractivity contribution is -0.157. The van der Waals surface area contributed by atoms with Crippen molar-refractivity contribution in [2.75, 3.05) is 13.2 Å². The van der Waals surface area contributed by atoms with E-state index in [1.807, 2.05) is 0 Å². The summed E-state index contributed by atoms with van der Waals surface area (Å²) in [4.78, 5) is 26.9. The Morgan fingerprint density at radius 3 is 2.54 bits per heavy atom. The molecule has 2 aliphatic rings. The molecule has 28 heavy (non-hydrogen) atoms. The first-order chi connectivity index (χ1) is 13.7. The van der Waals surface area contributed by atoms with Crippen LogP contribution in [0.4, 0.5) is 0 Å². The van der Waals surface area contributed by atoms with Gasteiger partial charge < -0.3 is 9.64 Å². The van der Waals surface area contributed by atoms with Crippen molar-refractivity contribution in [1.82, 2.24) is 4.90 Å². The van der Waals surface area contributed by atoms with Crippen molar-refractivity contribution in [3.05, 3.63) is 35.4 Å². The van der Waals surface area contributed by atoms with Gasteiger partial charge in [0.05, 0.1) is 6.61 Å². The molecular weight excluding hydrogens is 350 g/mol. The quantitative estimate of drug-likeness (QED) is 0.458. The molecule has 1 saturated heterocycles. The molecule has 1 fully saturated rings. The Balaban J connectivity index is 1.39. The number of rotatable bonds is 9. The summed E-state index contributed by atoms with van der Waals surface area (Å²) in [6.07, 6.45) is 10.7. The number of carbonyl (C=O) groups excluding carboxylic acids is 2. The number of hydrogen-bond donors (Lipinski definition) is 0. The van der Waals surface area contributed by atoms with Crippen LogP contribution in [0.2, 0.25) is 0 Å². The number of nitrogens with zero attached hydrogens (tertiary/aromatic N) is 1. The second-order valence-corrected chi connectivity index (χ2v) is 8.41. The molecule has 1 aliphatic carbocycles. The highest BCUT2D eigenvalue weighted by Gasteiger charge is 2.32. The van der Waals surface area contributed by atoms with E-state index < -0.39 is 0 Å². The zero-order valence-corrected chi connectivity index (χ0v) is 17.3. The molecule has 0 radical (unpaired) electrons. The van der Waals surface area contributed by atoms with Crippen molar-refractivity contribution in [2.24, 2.45) is 5.92 Å². The summed E-state index contributed by atoms with van der Waals surface area (Å²) in [5.41, 5.74) is 3.00. The van der Waals surface area contributed by atoms with E-state index in [1.165, 1.54) is 30.4 Å². The van der Waals surface area contributed by atoms with Crippen molar-refractivity contribution in [3.63, 3.8) is 0 Å². The summed E-state index contributed by atoms with van der Waals surface area (Å²) in [5, 5.41) is 0. The predicted octanol–water partition coefficient (Wildman–Crippen LogP) is 4.69. The molecule has 0 aromatic heterocycles. The van der Waals surface area contributed by atoms with E-state index in [4.69, 9.17) is 4.74 Å². The largest absolute Gasteiger partial charge is 0.464 e. The van der Waals surface area contributed by atoms with Gasteiger partial charge in [0, 0.05) is 13.0 Å². The maximum atomic E-state index is 12.7. The molecular formula is C24H35NO3. The van der Waals surface area contributed by atoms with E-state index in [9.17, 15) is 9.59 Å². The second kappa shape index (κ2) is 10.6. The van der Waals surface area contributed by atoms with Gasteiger partial charge in [0.15, 0.2) is 0 Å². The van der Waals surface area contributed by atoms with Crippen LogP contribution in [0.15, 0.2) is 24.3 Å². The Kier molecular flexibility index (Phi) is 7.93. The topological polar surface area (TPSA) is 46.6 Å². The smallest absolute Gasteiger partial charge is 0.328 e. The van der Waals surface area contributed by atoms with E-state index >= 15 is 0 Å². The number of benzene rings is 1. The average molecular weight is 386 g/mol. The van der Waals surface area contributed by atoms with Gasteiger partial charge in [-0.25, -0.2) is 4.79 Å². The minimum Gasteiger partial charge on any atom is -0.464 e. The fourth-order valence-electron chi connectivity index (χ4n) is 4.60. The highest BCUT2D eigenvalue weighted by molar-refractivity contribution is 5.84. The molecule has 0 N–H and O–H groups in total. The third-order valence-electron chi connectivity index (χ3n) is 6.23. The summed E-state index contributed by atoms with van der Waals surface area (Å²) < 4.78 is 5.39. The number of hydrogen-bond acceptors (Lipinski definition) is 3. The van der Waals surface area contributed by atoms with Crippen molar-refractivity contribution in [1.29, 1.82) is 0 Å². The van der Waals surface area contributed by atoms with Crippen molar-refractivity contribution >= 4 is 11.9 Å². The first-order valence-electron chi connectivity index (χ1n) is 11.2. The molecule has 1 amide bonds. The molecule has 0 bridgehead atoms. The van der Waals surface area contributed by atoms with Crippen LogP contribution in [0.25, 0.3) is 0 Å². The number of ether oxygens (including phenoxy) is 1. The monoisotopic (exact) mass is 385 g/mol. The van der Waals surface area contributed by atoms with Gasteiger partial charge in [-0.1, -0.05) is 44.0 Å². The molecule has 154 valence electrons. The van der Waals surface area contributed by atoms with Gasteiger partial charge in [-0.05, 0) is 68.4 Å². The van der Waals surface area contributed by atoms with Gasteiger partial charge in [-0.3, -0.25) is 4.79 Å². The van der Waals surface area contributed by atoms with Crippen LogP contribution in [0.3, 0.4) is 0 Å². The summed E-state index contributed by atoms with van der Waals surface area (Å²) in [7, 11) is 0. The van der Waals surface area contributed by atoms with Crippen molar-refractivity contribution < 1.29 is 14.3 Å². The Morgan fingerprint density at radius 1 is 1.07 bits per heavy atom. The van der Waals surface area contributed by atoms with E-state index in [0.717, 1.165) is 50.9 Å². The number of amides is 1. The van der Waals surface area contributed by atoms with Gasteiger partial charge in [0.1, 0.15) is 6.04 Å². The Hall–Kier alpha value is -1.84. The lowest BCUT2D eigenvalue weighted by Crippen LogP contribution is -2.48. The minimum absolute atomic E-state index is 0.131. The van der Waals surface area contributed by atoms with E-state index in [-0.39, 0.29) is 17.9 Å². The number of piperidine rings is 1. The molecule has 4 heteroatoms. The Bertz CT molecular complexity index is 632. The predicted molar refractivity (Wildman–Crippen MR) is 111 cm³/mol. The van der Waals surface area contributed by atoms with Crippen LogP contribution in [0.5, 0.6) is 0 Å². The number of unbranched alkanes of at least 4 members (excludes halogenated alkanes) is 2. The van der Waals surface area contributed by atoms with Crippen molar-refractivity contribution in [2.45, 2.75) is 83.6 Å². The van der Waals surface area contributed by atoms with E-state index in [2.05, 4.69) is 31.2 Å². The maximum absolute atomic E-state index is 12.7.